The number of hydrogen-bond donors (Lipinski definition) is 3. The molecule has 36 heavy (non-hydrogen) atoms. The second-order valence-electron chi connectivity index (χ2n) is 8.01. The summed E-state index contributed by atoms with van der Waals surface area (Å²) in [6.07, 6.45) is 6.74. The SMILES string of the molecule is C=O.CC.CCCN(C)CC.CCCc1[nH]c(/C=C(\C=O)c2cc(F)c(N)cc2NC)c(C)c1CC. The maximum atomic E-state index is 13.9. The van der Waals surface area contributed by atoms with E-state index in [1.165, 1.54) is 42.9 Å². The molecule has 1 heterocycles. The van der Waals surface area contributed by atoms with Crippen LogP contribution in [0.3, 0.4) is 0 Å². The molecule has 0 atom stereocenters. The third kappa shape index (κ3) is 10.8. The molecule has 6 nitrogen and oxygen atoms in total. The van der Waals surface area contributed by atoms with E-state index >= 15 is 0 Å². The zero-order valence-corrected chi connectivity index (χ0v) is 24.0. The van der Waals surface area contributed by atoms with Crippen molar-refractivity contribution in [1.82, 2.24) is 9.88 Å². The first-order chi connectivity index (χ1) is 17.3. The van der Waals surface area contributed by atoms with Crippen molar-refractivity contribution in [3.63, 3.8) is 0 Å². The molecule has 2 rings (SSSR count). The number of nitrogens with two attached hydrogens (primary N) is 1. The van der Waals surface area contributed by atoms with Crippen LogP contribution in [0.15, 0.2) is 12.1 Å². The number of carbonyl (C=O) groups excluding carboxylic acids is 2. The fourth-order valence-corrected chi connectivity index (χ4v) is 3.71. The zero-order valence-electron chi connectivity index (χ0n) is 24.0. The van der Waals surface area contributed by atoms with Crippen molar-refractivity contribution in [3.8, 4) is 0 Å². The molecule has 0 unspecified atom stereocenters. The number of nitrogen functional groups attached to an aromatic ring is 1. The zero-order chi connectivity index (χ0) is 28.3. The van der Waals surface area contributed by atoms with Crippen LogP contribution in [0, 0.1) is 12.7 Å². The minimum Gasteiger partial charge on any atom is -0.396 e. The first kappa shape index (κ1) is 35.2. The van der Waals surface area contributed by atoms with Gasteiger partial charge in [0.2, 0.25) is 0 Å². The van der Waals surface area contributed by atoms with Gasteiger partial charge in [0.05, 0.1) is 5.69 Å². The molecule has 0 radical (unpaired) electrons. The van der Waals surface area contributed by atoms with Gasteiger partial charge < -0.3 is 25.7 Å². The smallest absolute Gasteiger partial charge is 0.150 e. The minimum absolute atomic E-state index is 0.0490. The number of anilines is 2. The van der Waals surface area contributed by atoms with Gasteiger partial charge in [-0.05, 0) is 75.7 Å². The van der Waals surface area contributed by atoms with Crippen LogP contribution in [-0.2, 0) is 22.4 Å². The lowest BCUT2D eigenvalue weighted by atomic mass is 10.0. The normalized spacial score (nSPS) is 10.4. The summed E-state index contributed by atoms with van der Waals surface area (Å²) in [5.41, 5.74) is 11.7. The largest absolute Gasteiger partial charge is 0.396 e. The van der Waals surface area contributed by atoms with Crippen molar-refractivity contribution in [3.05, 3.63) is 46.0 Å². The second-order valence-corrected chi connectivity index (χ2v) is 8.01. The summed E-state index contributed by atoms with van der Waals surface area (Å²) in [6.45, 7) is 19.1. The van der Waals surface area contributed by atoms with E-state index in [9.17, 15) is 9.18 Å². The molecule has 0 amide bonds. The third-order valence-corrected chi connectivity index (χ3v) is 5.65. The molecule has 4 N–H and O–H groups in total. The van der Waals surface area contributed by atoms with E-state index in [1.807, 2.05) is 27.6 Å². The Morgan fingerprint density at radius 1 is 1.17 bits per heavy atom. The van der Waals surface area contributed by atoms with E-state index in [4.69, 9.17) is 10.5 Å². The van der Waals surface area contributed by atoms with E-state index in [0.717, 1.165) is 36.8 Å². The molecule has 1 aromatic heterocycles. The number of H-pyrrole nitrogens is 1. The molecule has 0 saturated heterocycles. The van der Waals surface area contributed by atoms with Gasteiger partial charge in [-0.2, -0.15) is 0 Å². The van der Waals surface area contributed by atoms with Gasteiger partial charge >= 0.3 is 0 Å². The van der Waals surface area contributed by atoms with Crippen molar-refractivity contribution in [2.45, 2.75) is 74.1 Å². The molecule has 7 heteroatoms. The highest BCUT2D eigenvalue weighted by molar-refractivity contribution is 6.15. The molecule has 204 valence electrons. The lowest BCUT2D eigenvalue weighted by Crippen LogP contribution is -2.17. The summed E-state index contributed by atoms with van der Waals surface area (Å²) >= 11 is 0. The molecule has 2 aromatic rings. The molecular formula is C29H49FN4O2. The maximum Gasteiger partial charge on any atom is 0.150 e. The number of halogens is 1. The quantitative estimate of drug-likeness (QED) is 0.194. The lowest BCUT2D eigenvalue weighted by molar-refractivity contribution is -0.103. The second kappa shape index (κ2) is 20.3. The Morgan fingerprint density at radius 2 is 1.78 bits per heavy atom. The number of nitrogens with one attached hydrogen (secondary N) is 2. The van der Waals surface area contributed by atoms with Crippen molar-refractivity contribution < 1.29 is 14.0 Å². The van der Waals surface area contributed by atoms with Crippen molar-refractivity contribution in [2.24, 2.45) is 0 Å². The van der Waals surface area contributed by atoms with Gasteiger partial charge in [-0.25, -0.2) is 4.39 Å². The van der Waals surface area contributed by atoms with Crippen LogP contribution in [0.5, 0.6) is 0 Å². The van der Waals surface area contributed by atoms with Crippen molar-refractivity contribution in [1.29, 1.82) is 0 Å². The Kier molecular flexibility index (Phi) is 19.8. The van der Waals surface area contributed by atoms with Crippen LogP contribution in [0.1, 0.15) is 82.5 Å². The van der Waals surface area contributed by atoms with Gasteiger partial charge in [0.15, 0.2) is 6.29 Å². The van der Waals surface area contributed by atoms with Crippen LogP contribution in [0.4, 0.5) is 15.8 Å². The molecule has 0 saturated carbocycles. The molecule has 0 fully saturated rings. The standard InChI is InChI=1S/C20H26FN3O.C6H15N.C2H6.CH2O/c1-5-7-18-14(6-2)12(3)19(24-18)8-13(11-25)15-9-16(21)17(22)10-20(15)23-4;1-4-6-7(3)5-2;2*1-2/h8-11,23-24H,5-7,22H2,1-4H3;4-6H2,1-3H3;1-2H3;1H2/b13-8+;;;. The number of aromatic nitrogens is 1. The van der Waals surface area contributed by atoms with Gasteiger partial charge in [0.25, 0.3) is 0 Å². The first-order valence-corrected chi connectivity index (χ1v) is 12.9. The number of aryl methyl sites for hydroxylation is 1. The van der Waals surface area contributed by atoms with E-state index in [1.54, 1.807) is 13.1 Å². The lowest BCUT2D eigenvalue weighted by Gasteiger charge is -2.11. The van der Waals surface area contributed by atoms with Crippen molar-refractivity contribution in [2.75, 3.05) is 38.2 Å². The van der Waals surface area contributed by atoms with Gasteiger partial charge in [0.1, 0.15) is 12.6 Å². The van der Waals surface area contributed by atoms with Crippen LogP contribution in [0.2, 0.25) is 0 Å². The highest BCUT2D eigenvalue weighted by atomic mass is 19.1. The van der Waals surface area contributed by atoms with Gasteiger partial charge in [-0.1, -0.05) is 48.0 Å². The summed E-state index contributed by atoms with van der Waals surface area (Å²) in [7, 11) is 3.86. The molecule has 0 bridgehead atoms. The molecule has 0 spiro atoms. The highest BCUT2D eigenvalue weighted by Crippen LogP contribution is 2.30. The number of benzene rings is 1. The molecular weight excluding hydrogens is 455 g/mol. The van der Waals surface area contributed by atoms with Gasteiger partial charge in [-0.3, -0.25) is 4.79 Å². The highest BCUT2D eigenvalue weighted by Gasteiger charge is 2.15. The number of carbonyl (C=O) groups is 2. The average Bonchev–Trinajstić information content (AvgIpc) is 3.20. The number of aromatic amines is 1. The number of hydrogen-bond acceptors (Lipinski definition) is 5. The first-order valence-electron chi connectivity index (χ1n) is 12.9. The topological polar surface area (TPSA) is 91.2 Å². The number of allylic oxidation sites excluding steroid dienone is 1. The summed E-state index contributed by atoms with van der Waals surface area (Å²) in [5.74, 6) is -0.536. The minimum atomic E-state index is -0.536. The van der Waals surface area contributed by atoms with E-state index in [0.29, 0.717) is 16.8 Å². The van der Waals surface area contributed by atoms with Crippen LogP contribution in [0.25, 0.3) is 11.6 Å². The number of nitrogens with zero attached hydrogens (tertiary/aromatic N) is 1. The maximum absolute atomic E-state index is 13.9. The molecule has 0 aliphatic carbocycles. The average molecular weight is 505 g/mol. The van der Waals surface area contributed by atoms with Crippen LogP contribution < -0.4 is 11.1 Å². The van der Waals surface area contributed by atoms with E-state index in [2.05, 4.69) is 49.9 Å². The summed E-state index contributed by atoms with van der Waals surface area (Å²) < 4.78 is 13.9. The summed E-state index contributed by atoms with van der Waals surface area (Å²) in [5, 5.41) is 2.97. The number of rotatable bonds is 10. The molecule has 0 aliphatic heterocycles. The van der Waals surface area contributed by atoms with Crippen LogP contribution in [-0.4, -0.2) is 50.1 Å². The Labute approximate surface area is 218 Å². The fraction of sp³-hybridized carbons (Fsp3) is 0.517. The van der Waals surface area contributed by atoms with E-state index < -0.39 is 5.82 Å². The number of aldehydes is 1. The molecule has 0 aliphatic rings. The predicted molar refractivity (Wildman–Crippen MR) is 155 cm³/mol. The summed E-state index contributed by atoms with van der Waals surface area (Å²) in [6, 6.07) is 2.80. The van der Waals surface area contributed by atoms with E-state index in [-0.39, 0.29) is 5.69 Å². The van der Waals surface area contributed by atoms with Gasteiger partial charge in [-0.15, -0.1) is 0 Å². The summed E-state index contributed by atoms with van der Waals surface area (Å²) in [4.78, 5) is 25.4. The van der Waals surface area contributed by atoms with Gasteiger partial charge in [0, 0.05) is 35.3 Å². The fourth-order valence-electron chi connectivity index (χ4n) is 3.71. The van der Waals surface area contributed by atoms with Crippen LogP contribution >= 0.6 is 0 Å². The Hall–Kier alpha value is -2.93. The van der Waals surface area contributed by atoms with Crippen molar-refractivity contribution >= 4 is 36.1 Å². The Balaban J connectivity index is 0. The Morgan fingerprint density at radius 3 is 2.19 bits per heavy atom. The predicted octanol–water partition coefficient (Wildman–Crippen LogP) is 6.53. The monoisotopic (exact) mass is 504 g/mol. The third-order valence-electron chi connectivity index (χ3n) is 5.65. The molecule has 1 aromatic carbocycles. The Bertz CT molecular complexity index is 922.